The Bertz CT molecular complexity index is 2210. The monoisotopic (exact) mass is 603 g/mol. The van der Waals surface area contributed by atoms with Gasteiger partial charge in [0.2, 0.25) is 0 Å². The Labute approximate surface area is 243 Å². The highest BCUT2D eigenvalue weighted by molar-refractivity contribution is 7.90. The molecule has 4 aromatic carbocycles. The summed E-state index contributed by atoms with van der Waals surface area (Å²) in [6.45, 7) is -0.356. The molecule has 1 amide bonds. The number of halogens is 3. The molecule has 0 aliphatic rings. The van der Waals surface area contributed by atoms with Crippen molar-refractivity contribution in [2.24, 2.45) is 0 Å². The molecule has 0 aliphatic carbocycles. The molecule has 0 radical (unpaired) electrons. The lowest BCUT2D eigenvalue weighted by Crippen LogP contribution is -2.33. The van der Waals surface area contributed by atoms with Gasteiger partial charge in [0.1, 0.15) is 17.3 Å². The third kappa shape index (κ3) is 4.95. The number of H-pyrrole nitrogens is 1. The Morgan fingerprint density at radius 2 is 1.69 bits per heavy atom. The van der Waals surface area contributed by atoms with Gasteiger partial charge in [-0.2, -0.15) is 0 Å². The van der Waals surface area contributed by atoms with Crippen LogP contribution in [0.2, 0.25) is 5.02 Å². The Morgan fingerprint density at radius 3 is 2.48 bits per heavy atom. The van der Waals surface area contributed by atoms with Crippen molar-refractivity contribution in [3.63, 3.8) is 0 Å². The molecular weight excluding hydrogens is 584 g/mol. The molecule has 0 spiro atoms. The SMILES string of the molecule is O=C(NS(=O)(=O)c1ccc2ccccc2c1)c1c(-c2ccc[nH]c2=O)c2cc(Cl)ccc2n1Cc1cc(F)ccc1F. The summed E-state index contributed by atoms with van der Waals surface area (Å²) < 4.78 is 59.3. The van der Waals surface area contributed by atoms with E-state index in [0.29, 0.717) is 16.3 Å². The van der Waals surface area contributed by atoms with Crippen molar-refractivity contribution >= 4 is 49.2 Å². The standard InChI is InChI=1S/C31H20ClF2N3O4S/c32-21-8-12-27-25(16-21)28(24-6-3-13-35-30(24)38)29(37(27)17-20-14-22(33)9-11-26(20)34)31(39)36-42(40,41)23-10-7-18-4-1-2-5-19(18)15-23/h1-16H,17H2,(H,35,38)(H,36,39). The minimum Gasteiger partial charge on any atom is -0.331 e. The van der Waals surface area contributed by atoms with Gasteiger partial charge in [-0.15, -0.1) is 0 Å². The van der Waals surface area contributed by atoms with Crippen LogP contribution in [0.5, 0.6) is 0 Å². The van der Waals surface area contributed by atoms with E-state index in [4.69, 9.17) is 11.6 Å². The van der Waals surface area contributed by atoms with Gasteiger partial charge in [0, 0.05) is 38.8 Å². The predicted molar refractivity (Wildman–Crippen MR) is 157 cm³/mol. The van der Waals surface area contributed by atoms with Crippen LogP contribution in [0.1, 0.15) is 16.1 Å². The summed E-state index contributed by atoms with van der Waals surface area (Å²) in [7, 11) is -4.42. The zero-order valence-electron chi connectivity index (χ0n) is 21.6. The third-order valence-corrected chi connectivity index (χ3v) is 8.49. The molecule has 11 heteroatoms. The van der Waals surface area contributed by atoms with Crippen LogP contribution in [-0.4, -0.2) is 23.9 Å². The lowest BCUT2D eigenvalue weighted by Gasteiger charge is -2.14. The molecule has 0 aliphatic heterocycles. The fourth-order valence-electron chi connectivity index (χ4n) is 5.02. The molecule has 0 atom stereocenters. The number of carbonyl (C=O) groups excluding carboxylic acids is 1. The first-order chi connectivity index (χ1) is 20.1. The predicted octanol–water partition coefficient (Wildman–Crippen LogP) is 6.25. The van der Waals surface area contributed by atoms with Crippen LogP contribution in [0.15, 0.2) is 107 Å². The molecule has 42 heavy (non-hydrogen) atoms. The summed E-state index contributed by atoms with van der Waals surface area (Å²) in [4.78, 5) is 29.4. The van der Waals surface area contributed by atoms with Crippen molar-refractivity contribution in [2.45, 2.75) is 11.4 Å². The summed E-state index contributed by atoms with van der Waals surface area (Å²) in [5.41, 5.74) is -0.429. The molecule has 210 valence electrons. The van der Waals surface area contributed by atoms with Crippen molar-refractivity contribution < 1.29 is 22.0 Å². The number of hydrogen-bond acceptors (Lipinski definition) is 4. The van der Waals surface area contributed by atoms with Gasteiger partial charge < -0.3 is 9.55 Å². The molecule has 2 aromatic heterocycles. The highest BCUT2D eigenvalue weighted by atomic mass is 35.5. The molecule has 0 saturated heterocycles. The smallest absolute Gasteiger partial charge is 0.282 e. The zero-order valence-corrected chi connectivity index (χ0v) is 23.1. The van der Waals surface area contributed by atoms with Crippen LogP contribution < -0.4 is 10.3 Å². The van der Waals surface area contributed by atoms with Gasteiger partial charge in [0.05, 0.1) is 11.4 Å². The number of benzene rings is 4. The highest BCUT2D eigenvalue weighted by Gasteiger charge is 2.29. The maximum atomic E-state index is 14.8. The number of aromatic nitrogens is 2. The largest absolute Gasteiger partial charge is 0.331 e. The fraction of sp³-hybridized carbons (Fsp3) is 0.0323. The number of fused-ring (bicyclic) bond motifs is 2. The number of pyridine rings is 1. The van der Waals surface area contributed by atoms with Crippen molar-refractivity contribution in [3.05, 3.63) is 135 Å². The van der Waals surface area contributed by atoms with Gasteiger partial charge in [-0.3, -0.25) is 9.59 Å². The Kier molecular flexibility index (Phi) is 6.88. The zero-order chi connectivity index (χ0) is 29.6. The van der Waals surface area contributed by atoms with Crippen LogP contribution in [0.3, 0.4) is 0 Å². The van der Waals surface area contributed by atoms with Gasteiger partial charge in [0.25, 0.3) is 21.5 Å². The van der Waals surface area contributed by atoms with Crippen LogP contribution in [0, 0.1) is 11.6 Å². The van der Waals surface area contributed by atoms with E-state index in [1.807, 2.05) is 12.1 Å². The van der Waals surface area contributed by atoms with E-state index >= 15 is 0 Å². The molecule has 0 fully saturated rings. The number of nitrogens with zero attached hydrogens (tertiary/aromatic N) is 1. The maximum Gasteiger partial charge on any atom is 0.282 e. The Hall–Kier alpha value is -4.80. The van der Waals surface area contributed by atoms with Gasteiger partial charge >= 0.3 is 0 Å². The van der Waals surface area contributed by atoms with Gasteiger partial charge in [0.15, 0.2) is 0 Å². The second kappa shape index (κ2) is 10.6. The summed E-state index contributed by atoms with van der Waals surface area (Å²) in [5, 5.41) is 2.07. The van der Waals surface area contributed by atoms with E-state index in [9.17, 15) is 26.8 Å². The fourth-order valence-corrected chi connectivity index (χ4v) is 6.18. The second-order valence-electron chi connectivity index (χ2n) is 9.56. The highest BCUT2D eigenvalue weighted by Crippen LogP contribution is 2.36. The topological polar surface area (TPSA) is 101 Å². The number of rotatable bonds is 6. The van der Waals surface area contributed by atoms with E-state index < -0.39 is 33.1 Å². The molecule has 6 rings (SSSR count). The molecule has 0 unspecified atom stereocenters. The van der Waals surface area contributed by atoms with Crippen molar-refractivity contribution in [1.82, 2.24) is 14.3 Å². The van der Waals surface area contributed by atoms with Gasteiger partial charge in [-0.05, 0) is 71.4 Å². The minimum atomic E-state index is -4.42. The maximum absolute atomic E-state index is 14.8. The summed E-state index contributed by atoms with van der Waals surface area (Å²) in [6, 6.07) is 22.1. The first kappa shape index (κ1) is 27.4. The number of aromatic amines is 1. The summed E-state index contributed by atoms with van der Waals surface area (Å²) in [6.07, 6.45) is 1.41. The molecule has 0 bridgehead atoms. The normalized spacial score (nSPS) is 11.7. The third-order valence-electron chi connectivity index (χ3n) is 6.92. The van der Waals surface area contributed by atoms with Crippen molar-refractivity contribution in [1.29, 1.82) is 0 Å². The Balaban J connectivity index is 1.57. The first-order valence-corrected chi connectivity index (χ1v) is 14.5. The van der Waals surface area contributed by atoms with E-state index in [-0.39, 0.29) is 38.8 Å². The first-order valence-electron chi connectivity index (χ1n) is 12.6. The Morgan fingerprint density at radius 1 is 0.905 bits per heavy atom. The van der Waals surface area contributed by atoms with E-state index in [2.05, 4.69) is 9.71 Å². The van der Waals surface area contributed by atoms with Crippen LogP contribution >= 0.6 is 11.6 Å². The average molecular weight is 604 g/mol. The summed E-state index contributed by atoms with van der Waals surface area (Å²) >= 11 is 6.30. The second-order valence-corrected chi connectivity index (χ2v) is 11.7. The molecule has 0 saturated carbocycles. The van der Waals surface area contributed by atoms with E-state index in [0.717, 1.165) is 23.6 Å². The van der Waals surface area contributed by atoms with Gasteiger partial charge in [-0.1, -0.05) is 41.9 Å². The quantitative estimate of drug-likeness (QED) is 0.235. The summed E-state index contributed by atoms with van der Waals surface area (Å²) in [5.74, 6) is -2.51. The van der Waals surface area contributed by atoms with Crippen molar-refractivity contribution in [2.75, 3.05) is 0 Å². The van der Waals surface area contributed by atoms with E-state index in [1.165, 1.54) is 41.1 Å². The van der Waals surface area contributed by atoms with Gasteiger partial charge in [-0.25, -0.2) is 21.9 Å². The molecule has 2 N–H and O–H groups in total. The number of amides is 1. The van der Waals surface area contributed by atoms with Crippen LogP contribution in [0.4, 0.5) is 8.78 Å². The molecule has 6 aromatic rings. The van der Waals surface area contributed by atoms with E-state index in [1.54, 1.807) is 30.3 Å². The molecule has 7 nitrogen and oxygen atoms in total. The average Bonchev–Trinajstić information content (AvgIpc) is 3.27. The van der Waals surface area contributed by atoms with Crippen LogP contribution in [-0.2, 0) is 16.6 Å². The number of hydrogen-bond donors (Lipinski definition) is 2. The molecule has 2 heterocycles. The van der Waals surface area contributed by atoms with Crippen molar-refractivity contribution in [3.8, 4) is 11.1 Å². The molecular formula is C31H20ClF2N3O4S. The number of nitrogens with one attached hydrogen (secondary N) is 2. The van der Waals surface area contributed by atoms with Crippen LogP contribution in [0.25, 0.3) is 32.8 Å². The number of sulfonamides is 1. The lowest BCUT2D eigenvalue weighted by molar-refractivity contribution is 0.0974. The number of carbonyl (C=O) groups is 1. The lowest BCUT2D eigenvalue weighted by atomic mass is 10.0. The minimum absolute atomic E-state index is 0.0523.